The number of carbonyl (C=O) groups excluding carboxylic acids is 2. The lowest BCUT2D eigenvalue weighted by Crippen LogP contribution is -2.33. The maximum atomic E-state index is 11.8. The number of carbonyl (C=O) groups is 2. The smallest absolute Gasteiger partial charge is 0.241 e. The predicted molar refractivity (Wildman–Crippen MR) is 49.5 cm³/mol. The van der Waals surface area contributed by atoms with E-state index in [0.29, 0.717) is 5.82 Å². The first-order valence-corrected chi connectivity index (χ1v) is 4.39. The van der Waals surface area contributed by atoms with Gasteiger partial charge in [-0.3, -0.25) is 14.7 Å². The molecule has 1 aromatic rings. The normalized spacial score (nSPS) is 20.6. The van der Waals surface area contributed by atoms with Gasteiger partial charge in [-0.1, -0.05) is 13.8 Å². The van der Waals surface area contributed by atoms with Crippen LogP contribution < -0.4 is 4.90 Å². The van der Waals surface area contributed by atoms with E-state index in [1.54, 1.807) is 19.9 Å². The van der Waals surface area contributed by atoms with Crippen LogP contribution in [0.5, 0.6) is 0 Å². The van der Waals surface area contributed by atoms with Crippen LogP contribution in [0.25, 0.3) is 0 Å². The molecule has 74 valence electrons. The van der Waals surface area contributed by atoms with Crippen LogP contribution in [0.2, 0.25) is 0 Å². The van der Waals surface area contributed by atoms with Gasteiger partial charge in [0.2, 0.25) is 11.8 Å². The van der Waals surface area contributed by atoms with Gasteiger partial charge in [0.05, 0.1) is 11.6 Å². The molecular weight excluding hydrogens is 182 g/mol. The Labute approximate surface area is 81.1 Å². The Morgan fingerprint density at radius 1 is 1.50 bits per heavy atom. The average molecular weight is 193 g/mol. The van der Waals surface area contributed by atoms with Gasteiger partial charge in [-0.2, -0.15) is 5.10 Å². The molecule has 0 radical (unpaired) electrons. The second kappa shape index (κ2) is 2.67. The fraction of sp³-hybridized carbons (Fsp3) is 0.444. The third-order valence-corrected chi connectivity index (χ3v) is 2.35. The highest BCUT2D eigenvalue weighted by molar-refractivity contribution is 6.21. The molecule has 2 amide bonds. The Kier molecular flexibility index (Phi) is 1.70. The van der Waals surface area contributed by atoms with Crippen molar-refractivity contribution in [1.29, 1.82) is 0 Å². The van der Waals surface area contributed by atoms with Gasteiger partial charge < -0.3 is 0 Å². The molecule has 14 heavy (non-hydrogen) atoms. The number of aromatic amines is 1. The Hall–Kier alpha value is -1.65. The summed E-state index contributed by atoms with van der Waals surface area (Å²) in [6.45, 7) is 3.53. The molecule has 2 heterocycles. The van der Waals surface area contributed by atoms with E-state index < -0.39 is 5.41 Å². The summed E-state index contributed by atoms with van der Waals surface area (Å²) in [5.74, 6) is 0.0987. The number of anilines is 1. The quantitative estimate of drug-likeness (QED) is 0.667. The summed E-state index contributed by atoms with van der Waals surface area (Å²) in [5.41, 5.74) is -0.595. The van der Waals surface area contributed by atoms with Crippen LogP contribution in [0, 0.1) is 5.41 Å². The molecule has 0 atom stereocenters. The molecule has 1 saturated heterocycles. The minimum atomic E-state index is -0.595. The van der Waals surface area contributed by atoms with Crippen LogP contribution in [0.1, 0.15) is 20.3 Å². The van der Waals surface area contributed by atoms with Crippen molar-refractivity contribution in [1.82, 2.24) is 10.2 Å². The largest absolute Gasteiger partial charge is 0.274 e. The fourth-order valence-electron chi connectivity index (χ4n) is 1.57. The van der Waals surface area contributed by atoms with Crippen molar-refractivity contribution in [2.75, 3.05) is 4.90 Å². The van der Waals surface area contributed by atoms with Crippen LogP contribution in [0.15, 0.2) is 12.3 Å². The monoisotopic (exact) mass is 193 g/mol. The number of amides is 2. The molecule has 1 N–H and O–H groups in total. The molecule has 0 aliphatic carbocycles. The average Bonchev–Trinajstić information content (AvgIpc) is 2.61. The van der Waals surface area contributed by atoms with Crippen molar-refractivity contribution in [3.63, 3.8) is 0 Å². The summed E-state index contributed by atoms with van der Waals surface area (Å²) in [7, 11) is 0. The predicted octanol–water partition coefficient (Wildman–Crippen LogP) is 0.699. The maximum Gasteiger partial charge on any atom is 0.241 e. The van der Waals surface area contributed by atoms with Gasteiger partial charge in [-0.05, 0) is 0 Å². The van der Waals surface area contributed by atoms with Gasteiger partial charge in [0, 0.05) is 12.5 Å². The molecule has 0 bridgehead atoms. The summed E-state index contributed by atoms with van der Waals surface area (Å²) in [6.07, 6.45) is 1.77. The summed E-state index contributed by atoms with van der Waals surface area (Å²) in [4.78, 5) is 24.5. The summed E-state index contributed by atoms with van der Waals surface area (Å²) in [5, 5.41) is 6.32. The van der Waals surface area contributed by atoms with Crippen molar-refractivity contribution in [2.24, 2.45) is 5.41 Å². The van der Waals surface area contributed by atoms with E-state index in [1.165, 1.54) is 6.20 Å². The van der Waals surface area contributed by atoms with Crippen LogP contribution in [0.3, 0.4) is 0 Å². The topological polar surface area (TPSA) is 66.1 Å². The SMILES string of the molecule is CC1(C)CC(=O)N(c2ccn[nH]2)C1=O. The number of nitrogens with zero attached hydrogens (tertiary/aromatic N) is 2. The zero-order valence-electron chi connectivity index (χ0n) is 8.07. The van der Waals surface area contributed by atoms with Crippen molar-refractivity contribution >= 4 is 17.6 Å². The molecule has 0 spiro atoms. The van der Waals surface area contributed by atoms with E-state index in [0.717, 1.165) is 4.90 Å². The van der Waals surface area contributed by atoms with E-state index in [4.69, 9.17) is 0 Å². The highest BCUT2D eigenvalue weighted by Gasteiger charge is 2.45. The molecule has 1 aliphatic heterocycles. The van der Waals surface area contributed by atoms with Gasteiger partial charge in [-0.25, -0.2) is 4.90 Å². The van der Waals surface area contributed by atoms with E-state index in [2.05, 4.69) is 10.2 Å². The molecule has 2 rings (SSSR count). The molecule has 5 heteroatoms. The Morgan fingerprint density at radius 2 is 2.21 bits per heavy atom. The Balaban J connectivity index is 2.39. The minimum Gasteiger partial charge on any atom is -0.274 e. The number of hydrogen-bond acceptors (Lipinski definition) is 3. The molecule has 5 nitrogen and oxygen atoms in total. The van der Waals surface area contributed by atoms with E-state index in [1.807, 2.05) is 0 Å². The highest BCUT2D eigenvalue weighted by Crippen LogP contribution is 2.33. The van der Waals surface area contributed by atoms with Gasteiger partial charge in [0.25, 0.3) is 0 Å². The van der Waals surface area contributed by atoms with E-state index in [-0.39, 0.29) is 18.2 Å². The third-order valence-electron chi connectivity index (χ3n) is 2.35. The fourth-order valence-corrected chi connectivity index (χ4v) is 1.57. The van der Waals surface area contributed by atoms with Crippen molar-refractivity contribution in [3.05, 3.63) is 12.3 Å². The minimum absolute atomic E-state index is 0.174. The number of imide groups is 1. The summed E-state index contributed by atoms with van der Waals surface area (Å²) >= 11 is 0. The molecule has 0 unspecified atom stereocenters. The number of nitrogens with one attached hydrogen (secondary N) is 1. The van der Waals surface area contributed by atoms with Gasteiger partial charge in [0.1, 0.15) is 5.82 Å². The second-order valence-corrected chi connectivity index (χ2v) is 4.04. The first kappa shape index (κ1) is 8.93. The molecule has 0 aromatic carbocycles. The van der Waals surface area contributed by atoms with Gasteiger partial charge in [-0.15, -0.1) is 0 Å². The Bertz CT molecular complexity index is 381. The summed E-state index contributed by atoms with van der Waals surface area (Å²) in [6, 6.07) is 1.61. The lowest BCUT2D eigenvalue weighted by atomic mass is 9.92. The highest BCUT2D eigenvalue weighted by atomic mass is 16.2. The van der Waals surface area contributed by atoms with Crippen molar-refractivity contribution in [3.8, 4) is 0 Å². The number of hydrogen-bond donors (Lipinski definition) is 1. The number of rotatable bonds is 1. The van der Waals surface area contributed by atoms with Crippen LogP contribution in [-0.2, 0) is 9.59 Å². The second-order valence-electron chi connectivity index (χ2n) is 4.04. The first-order chi connectivity index (χ1) is 6.52. The van der Waals surface area contributed by atoms with Gasteiger partial charge in [0.15, 0.2) is 0 Å². The van der Waals surface area contributed by atoms with Crippen molar-refractivity contribution in [2.45, 2.75) is 20.3 Å². The van der Waals surface area contributed by atoms with E-state index in [9.17, 15) is 9.59 Å². The molecule has 1 aliphatic rings. The molecule has 0 saturated carbocycles. The van der Waals surface area contributed by atoms with Crippen LogP contribution >= 0.6 is 0 Å². The van der Waals surface area contributed by atoms with Gasteiger partial charge >= 0.3 is 0 Å². The van der Waals surface area contributed by atoms with Crippen LogP contribution in [-0.4, -0.2) is 22.0 Å². The lowest BCUT2D eigenvalue weighted by Gasteiger charge is -2.15. The molecule has 1 aromatic heterocycles. The molecular formula is C9H11N3O2. The summed E-state index contributed by atoms with van der Waals surface area (Å²) < 4.78 is 0. The van der Waals surface area contributed by atoms with E-state index >= 15 is 0 Å². The zero-order chi connectivity index (χ0) is 10.3. The zero-order valence-corrected chi connectivity index (χ0v) is 8.07. The number of H-pyrrole nitrogens is 1. The Morgan fingerprint density at radius 3 is 2.64 bits per heavy atom. The number of aromatic nitrogens is 2. The van der Waals surface area contributed by atoms with Crippen molar-refractivity contribution < 1.29 is 9.59 Å². The maximum absolute atomic E-state index is 11.8. The first-order valence-electron chi connectivity index (χ1n) is 4.39. The lowest BCUT2D eigenvalue weighted by molar-refractivity contribution is -0.124. The standard InChI is InChI=1S/C9H11N3O2/c1-9(2)5-7(13)12(8(9)14)6-3-4-10-11-6/h3-4H,5H2,1-2H3,(H,10,11). The third kappa shape index (κ3) is 1.13. The molecule has 1 fully saturated rings. The van der Waals surface area contributed by atoms with Crippen LogP contribution in [0.4, 0.5) is 5.82 Å².